The number of aliphatic carboxylic acids is 1. The van der Waals surface area contributed by atoms with Crippen LogP contribution in [0.2, 0.25) is 0 Å². The minimum absolute atomic E-state index is 0.0646. The molecule has 1 saturated carbocycles. The van der Waals surface area contributed by atoms with Crippen molar-refractivity contribution in [2.24, 2.45) is 11.8 Å². The molecule has 0 aliphatic heterocycles. The van der Waals surface area contributed by atoms with Crippen LogP contribution in [0.5, 0.6) is 17.2 Å². The molecule has 1 aliphatic carbocycles. The van der Waals surface area contributed by atoms with Crippen LogP contribution in [0.1, 0.15) is 12.1 Å². The molecule has 148 valence electrons. The number of rotatable bonds is 7. The summed E-state index contributed by atoms with van der Waals surface area (Å²) in [4.78, 5) is 15.1. The van der Waals surface area contributed by atoms with E-state index in [9.17, 15) is 9.18 Å². The summed E-state index contributed by atoms with van der Waals surface area (Å²) >= 11 is 0. The Morgan fingerprint density at radius 1 is 1.10 bits per heavy atom. The Morgan fingerprint density at radius 3 is 2.48 bits per heavy atom. The van der Waals surface area contributed by atoms with Crippen molar-refractivity contribution in [3.63, 3.8) is 0 Å². The fourth-order valence-electron chi connectivity index (χ4n) is 3.11. The number of benzene rings is 2. The number of carboxylic acids is 1. The van der Waals surface area contributed by atoms with E-state index in [1.165, 1.54) is 6.07 Å². The van der Waals surface area contributed by atoms with Crippen molar-refractivity contribution in [1.29, 1.82) is 0 Å². The van der Waals surface area contributed by atoms with Crippen LogP contribution in [0.15, 0.2) is 60.8 Å². The lowest BCUT2D eigenvalue weighted by molar-refractivity contribution is -0.138. The molecule has 29 heavy (non-hydrogen) atoms. The fourth-order valence-corrected chi connectivity index (χ4v) is 3.11. The Hall–Kier alpha value is -3.41. The van der Waals surface area contributed by atoms with Crippen molar-refractivity contribution in [2.75, 3.05) is 6.61 Å². The number of pyridine rings is 1. The molecule has 1 fully saturated rings. The highest BCUT2D eigenvalue weighted by atomic mass is 19.1. The maximum absolute atomic E-state index is 14.4. The van der Waals surface area contributed by atoms with Crippen molar-refractivity contribution in [3.8, 4) is 28.4 Å². The van der Waals surface area contributed by atoms with Gasteiger partial charge in [-0.15, -0.1) is 0 Å². The first-order chi connectivity index (χ1) is 14.0. The van der Waals surface area contributed by atoms with Gasteiger partial charge in [-0.05, 0) is 61.4 Å². The summed E-state index contributed by atoms with van der Waals surface area (Å²) in [5, 5.41) is 8.93. The molecule has 4 rings (SSSR count). The summed E-state index contributed by atoms with van der Waals surface area (Å²) in [6.07, 6.45) is 2.28. The smallest absolute Gasteiger partial charge is 0.306 e. The normalized spacial score (nSPS) is 17.6. The zero-order valence-corrected chi connectivity index (χ0v) is 15.8. The summed E-state index contributed by atoms with van der Waals surface area (Å²) in [5.41, 5.74) is 2.00. The van der Waals surface area contributed by atoms with E-state index in [-0.39, 0.29) is 17.7 Å². The summed E-state index contributed by atoms with van der Waals surface area (Å²) in [7, 11) is 0. The first kappa shape index (κ1) is 18.9. The molecule has 0 radical (unpaired) electrons. The predicted octanol–water partition coefficient (Wildman–Crippen LogP) is 5.09. The second kappa shape index (κ2) is 7.91. The SMILES string of the molecule is Cc1ccc(Oc2ccc(F)c(-c3ccc(OCC4C[C@H]4C(=O)O)cc3)c2)cn1. The largest absolute Gasteiger partial charge is 0.493 e. The van der Waals surface area contributed by atoms with Gasteiger partial charge in [0.2, 0.25) is 0 Å². The Morgan fingerprint density at radius 2 is 1.83 bits per heavy atom. The molecule has 1 unspecified atom stereocenters. The average molecular weight is 393 g/mol. The van der Waals surface area contributed by atoms with Crippen molar-refractivity contribution in [1.82, 2.24) is 4.98 Å². The van der Waals surface area contributed by atoms with E-state index in [2.05, 4.69) is 4.98 Å². The van der Waals surface area contributed by atoms with E-state index in [1.54, 1.807) is 42.6 Å². The van der Waals surface area contributed by atoms with Crippen LogP contribution in [-0.2, 0) is 4.79 Å². The van der Waals surface area contributed by atoms with Gasteiger partial charge in [-0.1, -0.05) is 12.1 Å². The Bertz CT molecular complexity index is 1020. The number of hydrogen-bond donors (Lipinski definition) is 1. The van der Waals surface area contributed by atoms with E-state index in [4.69, 9.17) is 14.6 Å². The number of carbonyl (C=O) groups is 1. The zero-order valence-electron chi connectivity index (χ0n) is 15.8. The molecule has 1 heterocycles. The third-order valence-corrected chi connectivity index (χ3v) is 4.93. The van der Waals surface area contributed by atoms with Crippen molar-refractivity contribution in [2.45, 2.75) is 13.3 Å². The molecule has 2 aromatic carbocycles. The molecule has 2 atom stereocenters. The Labute approximate surface area is 167 Å². The number of aromatic nitrogens is 1. The lowest BCUT2D eigenvalue weighted by atomic mass is 10.0. The Kier molecular flexibility index (Phi) is 5.16. The number of aryl methyl sites for hydroxylation is 1. The van der Waals surface area contributed by atoms with Crippen LogP contribution in [0.4, 0.5) is 4.39 Å². The molecule has 1 aliphatic rings. The lowest BCUT2D eigenvalue weighted by Gasteiger charge is -2.10. The van der Waals surface area contributed by atoms with Gasteiger partial charge in [0.05, 0.1) is 18.7 Å². The van der Waals surface area contributed by atoms with Crippen molar-refractivity contribution >= 4 is 5.97 Å². The third kappa shape index (κ3) is 4.54. The van der Waals surface area contributed by atoms with Gasteiger partial charge in [-0.25, -0.2) is 4.39 Å². The molecular weight excluding hydrogens is 373 g/mol. The molecule has 1 aromatic heterocycles. The van der Waals surface area contributed by atoms with Gasteiger partial charge in [0.15, 0.2) is 0 Å². The highest BCUT2D eigenvalue weighted by Crippen LogP contribution is 2.39. The maximum Gasteiger partial charge on any atom is 0.306 e. The molecule has 3 aromatic rings. The molecule has 0 bridgehead atoms. The maximum atomic E-state index is 14.4. The first-order valence-corrected chi connectivity index (χ1v) is 9.36. The minimum Gasteiger partial charge on any atom is -0.493 e. The topological polar surface area (TPSA) is 68.7 Å². The number of halogens is 1. The van der Waals surface area contributed by atoms with Crippen molar-refractivity contribution < 1.29 is 23.8 Å². The molecule has 6 heteroatoms. The number of ether oxygens (including phenoxy) is 2. The van der Waals surface area contributed by atoms with Crippen molar-refractivity contribution in [3.05, 3.63) is 72.3 Å². The van der Waals surface area contributed by atoms with Crippen LogP contribution in [-0.4, -0.2) is 22.7 Å². The highest BCUT2D eigenvalue weighted by molar-refractivity contribution is 5.73. The van der Waals surface area contributed by atoms with Gasteiger partial charge in [-0.2, -0.15) is 0 Å². The summed E-state index contributed by atoms with van der Waals surface area (Å²) in [5.74, 6) is 0.369. The molecule has 0 saturated heterocycles. The van der Waals surface area contributed by atoms with Crippen LogP contribution >= 0.6 is 0 Å². The summed E-state index contributed by atoms with van der Waals surface area (Å²) in [6, 6.07) is 15.3. The lowest BCUT2D eigenvalue weighted by Crippen LogP contribution is -2.06. The van der Waals surface area contributed by atoms with E-state index < -0.39 is 5.97 Å². The second-order valence-corrected chi connectivity index (χ2v) is 7.15. The first-order valence-electron chi connectivity index (χ1n) is 9.36. The van der Waals surface area contributed by atoms with Crippen LogP contribution in [0.3, 0.4) is 0 Å². The quantitative estimate of drug-likeness (QED) is 0.606. The van der Waals surface area contributed by atoms with Gasteiger partial charge in [-0.3, -0.25) is 9.78 Å². The van der Waals surface area contributed by atoms with Gasteiger partial charge in [0.25, 0.3) is 0 Å². The fraction of sp³-hybridized carbons (Fsp3) is 0.217. The van der Waals surface area contributed by atoms with Gasteiger partial charge >= 0.3 is 5.97 Å². The number of hydrogen-bond acceptors (Lipinski definition) is 4. The molecule has 5 nitrogen and oxygen atoms in total. The van der Waals surface area contributed by atoms with Gasteiger partial charge < -0.3 is 14.6 Å². The molecule has 0 spiro atoms. The monoisotopic (exact) mass is 393 g/mol. The minimum atomic E-state index is -0.770. The number of carboxylic acid groups (broad SMARTS) is 1. The van der Waals surface area contributed by atoms with Crippen LogP contribution in [0, 0.1) is 24.6 Å². The molecule has 1 N–H and O–H groups in total. The summed E-state index contributed by atoms with van der Waals surface area (Å²) in [6.45, 7) is 2.26. The van der Waals surface area contributed by atoms with Gasteiger partial charge in [0, 0.05) is 17.2 Å². The summed E-state index contributed by atoms with van der Waals surface area (Å²) < 4.78 is 25.8. The number of nitrogens with zero attached hydrogens (tertiary/aromatic N) is 1. The second-order valence-electron chi connectivity index (χ2n) is 7.15. The van der Waals surface area contributed by atoms with Crippen LogP contribution in [0.25, 0.3) is 11.1 Å². The predicted molar refractivity (Wildman–Crippen MR) is 106 cm³/mol. The molecule has 0 amide bonds. The van der Waals surface area contributed by atoms with E-state index >= 15 is 0 Å². The van der Waals surface area contributed by atoms with Crippen LogP contribution < -0.4 is 9.47 Å². The Balaban J connectivity index is 1.44. The van der Waals surface area contributed by atoms with E-state index in [1.807, 2.05) is 19.1 Å². The average Bonchev–Trinajstić information content (AvgIpc) is 3.50. The van der Waals surface area contributed by atoms with Gasteiger partial charge in [0.1, 0.15) is 23.1 Å². The highest BCUT2D eigenvalue weighted by Gasteiger charge is 2.43. The van der Waals surface area contributed by atoms with E-state index in [0.717, 1.165) is 5.69 Å². The third-order valence-electron chi connectivity index (χ3n) is 4.93. The molecular formula is C23H20FNO4. The van der Waals surface area contributed by atoms with E-state index in [0.29, 0.717) is 41.4 Å². The standard InChI is InChI=1S/C23H20FNO4/c1-14-2-5-19(12-25-14)29-18-8-9-22(24)20(11-18)15-3-6-17(7-4-15)28-13-16-10-21(16)23(26)27/h2-9,11-12,16,21H,10,13H2,1H3,(H,26,27)/t16?,21-/m1/s1. The zero-order chi connectivity index (χ0) is 20.4.